The first-order chi connectivity index (χ1) is 8.19. The molecule has 0 aromatic carbocycles. The Kier molecular flexibility index (Phi) is 3.84. The number of nitrogens with zero attached hydrogens (tertiary/aromatic N) is 2. The molecule has 0 aliphatic heterocycles. The molecule has 1 unspecified atom stereocenters. The first kappa shape index (κ1) is 12.6. The highest BCUT2D eigenvalue weighted by Crippen LogP contribution is 2.39. The second kappa shape index (κ2) is 5.19. The van der Waals surface area contributed by atoms with Crippen molar-refractivity contribution in [1.82, 2.24) is 9.55 Å². The van der Waals surface area contributed by atoms with Crippen molar-refractivity contribution < 1.29 is 4.74 Å². The van der Waals surface area contributed by atoms with Gasteiger partial charge in [0.15, 0.2) is 0 Å². The highest BCUT2D eigenvalue weighted by atomic mass is 16.5. The average molecular weight is 237 g/mol. The van der Waals surface area contributed by atoms with Gasteiger partial charge in [-0.3, -0.25) is 0 Å². The minimum absolute atomic E-state index is 0.122. The van der Waals surface area contributed by atoms with E-state index in [1.807, 2.05) is 24.7 Å². The van der Waals surface area contributed by atoms with Crippen molar-refractivity contribution in [2.45, 2.75) is 50.7 Å². The zero-order valence-corrected chi connectivity index (χ0v) is 10.9. The van der Waals surface area contributed by atoms with E-state index in [9.17, 15) is 0 Å². The van der Waals surface area contributed by atoms with Crippen LogP contribution in [-0.2, 0) is 11.8 Å². The highest BCUT2D eigenvalue weighted by Gasteiger charge is 2.41. The Labute approximate surface area is 103 Å². The number of ether oxygens (including phenoxy) is 1. The summed E-state index contributed by atoms with van der Waals surface area (Å²) < 4.78 is 8.03. The lowest BCUT2D eigenvalue weighted by Crippen LogP contribution is -2.46. The first-order valence-electron chi connectivity index (χ1n) is 6.56. The lowest BCUT2D eigenvalue weighted by Gasteiger charge is -2.41. The second-order valence-electron chi connectivity index (χ2n) is 4.93. The number of hydrogen-bond donors (Lipinski definition) is 1. The minimum atomic E-state index is -0.202. The lowest BCUT2D eigenvalue weighted by atomic mass is 9.79. The number of nitrogens with two attached hydrogens (primary N) is 1. The van der Waals surface area contributed by atoms with Gasteiger partial charge in [0.25, 0.3) is 0 Å². The van der Waals surface area contributed by atoms with Gasteiger partial charge in [-0.05, 0) is 19.8 Å². The molecule has 0 amide bonds. The Morgan fingerprint density at radius 1 is 1.47 bits per heavy atom. The first-order valence-corrected chi connectivity index (χ1v) is 6.56. The third-order valence-electron chi connectivity index (χ3n) is 3.84. The normalized spacial score (nSPS) is 21.4. The van der Waals surface area contributed by atoms with Gasteiger partial charge in [0, 0.05) is 26.0 Å². The molecular formula is C13H23N3O. The maximum Gasteiger partial charge on any atom is 0.128 e. The summed E-state index contributed by atoms with van der Waals surface area (Å²) in [5.74, 6) is 0.931. The molecule has 96 valence electrons. The van der Waals surface area contributed by atoms with E-state index in [-0.39, 0.29) is 11.6 Å². The number of rotatable bonds is 4. The van der Waals surface area contributed by atoms with Crippen LogP contribution >= 0.6 is 0 Å². The fourth-order valence-corrected chi connectivity index (χ4v) is 2.89. The van der Waals surface area contributed by atoms with Crippen LogP contribution in [-0.4, -0.2) is 21.8 Å². The molecule has 1 saturated carbocycles. The van der Waals surface area contributed by atoms with E-state index < -0.39 is 0 Å². The summed E-state index contributed by atoms with van der Waals surface area (Å²) >= 11 is 0. The summed E-state index contributed by atoms with van der Waals surface area (Å²) in [4.78, 5) is 4.38. The molecule has 0 bridgehead atoms. The summed E-state index contributed by atoms with van der Waals surface area (Å²) in [6.45, 7) is 2.76. The monoisotopic (exact) mass is 237 g/mol. The number of aryl methyl sites for hydroxylation is 1. The van der Waals surface area contributed by atoms with Crippen molar-refractivity contribution in [3.8, 4) is 0 Å². The van der Waals surface area contributed by atoms with E-state index >= 15 is 0 Å². The molecule has 0 spiro atoms. The zero-order valence-electron chi connectivity index (χ0n) is 10.9. The van der Waals surface area contributed by atoms with Gasteiger partial charge in [-0.15, -0.1) is 0 Å². The summed E-state index contributed by atoms with van der Waals surface area (Å²) in [6.07, 6.45) is 9.55. The average Bonchev–Trinajstić information content (AvgIpc) is 2.76. The Bertz CT molecular complexity index is 350. The standard InChI is InChI=1S/C13H23N3O/c1-3-17-13(7-5-4-6-8-13)11(14)12-15-9-10-16(12)2/h9-11H,3-8,14H2,1-2H3. The van der Waals surface area contributed by atoms with Crippen molar-refractivity contribution in [3.05, 3.63) is 18.2 Å². The van der Waals surface area contributed by atoms with Gasteiger partial charge >= 0.3 is 0 Å². The van der Waals surface area contributed by atoms with Crippen LogP contribution in [0.15, 0.2) is 12.4 Å². The number of aromatic nitrogens is 2. The van der Waals surface area contributed by atoms with Crippen molar-refractivity contribution in [1.29, 1.82) is 0 Å². The fourth-order valence-electron chi connectivity index (χ4n) is 2.89. The van der Waals surface area contributed by atoms with Gasteiger partial charge in [-0.2, -0.15) is 0 Å². The third-order valence-corrected chi connectivity index (χ3v) is 3.84. The molecule has 0 saturated heterocycles. The molecule has 2 rings (SSSR count). The molecule has 17 heavy (non-hydrogen) atoms. The Morgan fingerprint density at radius 3 is 2.71 bits per heavy atom. The van der Waals surface area contributed by atoms with E-state index in [0.29, 0.717) is 0 Å². The maximum absolute atomic E-state index is 6.43. The Balaban J connectivity index is 2.23. The summed E-state index contributed by atoms with van der Waals surface area (Å²) in [5.41, 5.74) is 6.23. The van der Waals surface area contributed by atoms with Crippen LogP contribution in [0.3, 0.4) is 0 Å². The lowest BCUT2D eigenvalue weighted by molar-refractivity contribution is -0.0851. The van der Waals surface area contributed by atoms with Crippen molar-refractivity contribution in [2.75, 3.05) is 6.61 Å². The molecule has 0 radical (unpaired) electrons. The van der Waals surface area contributed by atoms with Crippen LogP contribution in [0.1, 0.15) is 50.9 Å². The molecule has 1 fully saturated rings. The smallest absolute Gasteiger partial charge is 0.128 e. The second-order valence-corrected chi connectivity index (χ2v) is 4.93. The third kappa shape index (κ3) is 2.38. The molecule has 1 heterocycles. The molecule has 1 aromatic rings. The Hall–Kier alpha value is -0.870. The van der Waals surface area contributed by atoms with Crippen molar-refractivity contribution >= 4 is 0 Å². The molecule has 4 nitrogen and oxygen atoms in total. The fraction of sp³-hybridized carbons (Fsp3) is 0.769. The summed E-state index contributed by atoms with van der Waals surface area (Å²) in [6, 6.07) is -0.122. The molecule has 1 atom stereocenters. The van der Waals surface area contributed by atoms with Crippen LogP contribution < -0.4 is 5.73 Å². The largest absolute Gasteiger partial charge is 0.373 e. The van der Waals surface area contributed by atoms with E-state index in [1.54, 1.807) is 6.20 Å². The summed E-state index contributed by atoms with van der Waals surface area (Å²) in [5, 5.41) is 0. The van der Waals surface area contributed by atoms with E-state index in [4.69, 9.17) is 10.5 Å². The minimum Gasteiger partial charge on any atom is -0.373 e. The SMILES string of the molecule is CCOC1(C(N)c2nccn2C)CCCCC1. The van der Waals surface area contributed by atoms with Gasteiger partial charge in [0.2, 0.25) is 0 Å². The quantitative estimate of drug-likeness (QED) is 0.873. The van der Waals surface area contributed by atoms with Gasteiger partial charge in [-0.1, -0.05) is 19.3 Å². The predicted molar refractivity (Wildman–Crippen MR) is 67.6 cm³/mol. The van der Waals surface area contributed by atoms with Gasteiger partial charge in [0.1, 0.15) is 5.82 Å². The van der Waals surface area contributed by atoms with Crippen molar-refractivity contribution in [3.63, 3.8) is 0 Å². The number of imidazole rings is 1. The molecule has 2 N–H and O–H groups in total. The van der Waals surface area contributed by atoms with Crippen LogP contribution in [0, 0.1) is 0 Å². The van der Waals surface area contributed by atoms with E-state index in [2.05, 4.69) is 4.98 Å². The van der Waals surface area contributed by atoms with E-state index in [1.165, 1.54) is 19.3 Å². The van der Waals surface area contributed by atoms with Crippen LogP contribution in [0.25, 0.3) is 0 Å². The Morgan fingerprint density at radius 2 is 2.18 bits per heavy atom. The van der Waals surface area contributed by atoms with Gasteiger partial charge < -0.3 is 15.0 Å². The topological polar surface area (TPSA) is 53.1 Å². The molecule has 4 heteroatoms. The van der Waals surface area contributed by atoms with Crippen LogP contribution in [0.5, 0.6) is 0 Å². The van der Waals surface area contributed by atoms with Crippen molar-refractivity contribution in [2.24, 2.45) is 12.8 Å². The van der Waals surface area contributed by atoms with Crippen LogP contribution in [0.2, 0.25) is 0 Å². The molecular weight excluding hydrogens is 214 g/mol. The zero-order chi connectivity index (χ0) is 12.3. The van der Waals surface area contributed by atoms with Gasteiger partial charge in [0.05, 0.1) is 11.6 Å². The van der Waals surface area contributed by atoms with Crippen LogP contribution in [0.4, 0.5) is 0 Å². The maximum atomic E-state index is 6.43. The highest BCUT2D eigenvalue weighted by molar-refractivity contribution is 5.07. The summed E-state index contributed by atoms with van der Waals surface area (Å²) in [7, 11) is 1.99. The molecule has 1 aliphatic rings. The van der Waals surface area contributed by atoms with Gasteiger partial charge in [-0.25, -0.2) is 4.98 Å². The molecule has 1 aliphatic carbocycles. The van der Waals surface area contributed by atoms with E-state index in [0.717, 1.165) is 25.3 Å². The molecule has 1 aromatic heterocycles. The number of hydrogen-bond acceptors (Lipinski definition) is 3. The predicted octanol–water partition coefficient (Wildman–Crippen LogP) is 2.16.